The molecule has 0 fully saturated rings. The average Bonchev–Trinajstić information content (AvgIpc) is 2.29. The molecule has 0 aromatic carbocycles. The number of hydrogen-bond acceptors (Lipinski definition) is 5. The fourth-order valence-corrected chi connectivity index (χ4v) is 10.2. The lowest BCUT2D eigenvalue weighted by Gasteiger charge is -2.36. The van der Waals surface area contributed by atoms with Gasteiger partial charge in [0.1, 0.15) is 5.73 Å². The Morgan fingerprint density at radius 1 is 1.05 bits per heavy atom. The number of carbonyl (C=O) groups is 2. The van der Waals surface area contributed by atoms with E-state index in [0.29, 0.717) is 6.42 Å². The van der Waals surface area contributed by atoms with E-state index in [1.54, 1.807) is 0 Å². The molecule has 0 aliphatic heterocycles. The van der Waals surface area contributed by atoms with Crippen LogP contribution in [0.4, 0.5) is 0 Å². The van der Waals surface area contributed by atoms with Crippen molar-refractivity contribution in [2.24, 2.45) is 0 Å². The highest BCUT2D eigenvalue weighted by Gasteiger charge is 2.39. The molecule has 0 aromatic heterocycles. The Morgan fingerprint density at radius 3 is 1.95 bits per heavy atom. The molecule has 1 atom stereocenters. The van der Waals surface area contributed by atoms with Crippen LogP contribution in [0, 0.1) is 0 Å². The minimum Gasteiger partial charge on any atom is -0.466 e. The zero-order valence-electron chi connectivity index (χ0n) is 13.5. The van der Waals surface area contributed by atoms with Gasteiger partial charge in [-0.15, -0.1) is 0 Å². The molecule has 0 heterocycles. The first-order chi connectivity index (χ1) is 9.01. The van der Waals surface area contributed by atoms with Crippen molar-refractivity contribution in [1.82, 2.24) is 0 Å². The topological polar surface area (TPSA) is 61.8 Å². The van der Waals surface area contributed by atoms with Gasteiger partial charge in [0.25, 0.3) is 0 Å². The van der Waals surface area contributed by atoms with E-state index in [1.807, 2.05) is 6.92 Å². The van der Waals surface area contributed by atoms with Crippen LogP contribution in [0.5, 0.6) is 0 Å². The zero-order valence-corrected chi connectivity index (χ0v) is 15.5. The lowest BCUT2D eigenvalue weighted by molar-refractivity contribution is -0.141. The summed E-state index contributed by atoms with van der Waals surface area (Å²) in [5.41, 5.74) is -0.232. The molecule has 0 saturated heterocycles. The quantitative estimate of drug-likeness (QED) is 0.410. The van der Waals surface area contributed by atoms with Crippen molar-refractivity contribution < 1.29 is 23.2 Å². The fraction of sp³-hybridized carbons (Fsp3) is 0.692. The predicted octanol–water partition coefficient (Wildman–Crippen LogP) is 2.63. The molecule has 20 heavy (non-hydrogen) atoms. The van der Waals surface area contributed by atoms with Gasteiger partial charge < -0.3 is 13.6 Å². The van der Waals surface area contributed by atoms with Gasteiger partial charge in [0.2, 0.25) is 8.32 Å². The molecule has 5 nitrogen and oxygen atoms in total. The third-order valence-electron chi connectivity index (χ3n) is 2.53. The molecule has 0 aromatic rings. The van der Waals surface area contributed by atoms with E-state index in [-0.39, 0.29) is 5.73 Å². The maximum Gasteiger partial charge on any atom is 0.331 e. The molecule has 7 heteroatoms. The first-order valence-electron chi connectivity index (χ1n) is 6.68. The molecule has 0 radical (unpaired) electrons. The second kappa shape index (κ2) is 7.75. The number of hydrogen-bond donors (Lipinski definition) is 0. The predicted molar refractivity (Wildman–Crippen MR) is 83.2 cm³/mol. The van der Waals surface area contributed by atoms with Crippen molar-refractivity contribution >= 4 is 28.6 Å². The number of ether oxygens (including phenoxy) is 2. The van der Waals surface area contributed by atoms with Gasteiger partial charge in [-0.05, 0) is 39.2 Å². The van der Waals surface area contributed by atoms with Crippen molar-refractivity contribution in [3.8, 4) is 0 Å². The Bertz CT molecular complexity index is 371. The van der Waals surface area contributed by atoms with Gasteiger partial charge in [0.15, 0.2) is 8.32 Å². The normalized spacial score (nSPS) is 14.2. The van der Waals surface area contributed by atoms with Crippen molar-refractivity contribution in [1.29, 1.82) is 0 Å². The summed E-state index contributed by atoms with van der Waals surface area (Å²) >= 11 is 0. The number of rotatable bonds is 7. The van der Waals surface area contributed by atoms with E-state index >= 15 is 0 Å². The minimum atomic E-state index is -2.13. The smallest absolute Gasteiger partial charge is 0.331 e. The second-order valence-electron chi connectivity index (χ2n) is 6.01. The Labute approximate surface area is 123 Å². The van der Waals surface area contributed by atoms with Crippen LogP contribution in [0.15, 0.2) is 12.2 Å². The molecule has 0 rings (SSSR count). The van der Waals surface area contributed by atoms with Crippen LogP contribution < -0.4 is 0 Å². The van der Waals surface area contributed by atoms with Crippen LogP contribution in [0.2, 0.25) is 32.7 Å². The van der Waals surface area contributed by atoms with Crippen molar-refractivity contribution in [2.45, 2.75) is 51.8 Å². The highest BCUT2D eigenvalue weighted by molar-refractivity contribution is 6.84. The maximum absolute atomic E-state index is 11.7. The second-order valence-corrected chi connectivity index (χ2v) is 14.9. The SMILES string of the molecule is CCC(OC(=O)/C=C/C(=O)OC)[Si](C)(C)O[Si](C)(C)C. The summed E-state index contributed by atoms with van der Waals surface area (Å²) in [6.45, 7) is 12.4. The van der Waals surface area contributed by atoms with Crippen LogP contribution in [0.1, 0.15) is 13.3 Å². The Hall–Kier alpha value is -0.926. The van der Waals surface area contributed by atoms with Crippen LogP contribution in [-0.2, 0) is 23.2 Å². The molecular weight excluding hydrogens is 292 g/mol. The maximum atomic E-state index is 11.7. The van der Waals surface area contributed by atoms with Gasteiger partial charge in [0, 0.05) is 12.2 Å². The lowest BCUT2D eigenvalue weighted by Crippen LogP contribution is -2.52. The summed E-state index contributed by atoms with van der Waals surface area (Å²) in [6.07, 6.45) is 2.85. The van der Waals surface area contributed by atoms with E-state index < -0.39 is 28.6 Å². The summed E-state index contributed by atoms with van der Waals surface area (Å²) < 4.78 is 16.1. The molecule has 0 bridgehead atoms. The zero-order chi connectivity index (χ0) is 16.0. The molecule has 0 saturated carbocycles. The van der Waals surface area contributed by atoms with Crippen molar-refractivity contribution in [2.75, 3.05) is 7.11 Å². The Kier molecular flexibility index (Phi) is 7.39. The van der Waals surface area contributed by atoms with E-state index in [2.05, 4.69) is 37.5 Å². The van der Waals surface area contributed by atoms with Crippen LogP contribution in [0.25, 0.3) is 0 Å². The van der Waals surface area contributed by atoms with E-state index in [0.717, 1.165) is 12.2 Å². The minimum absolute atomic E-state index is 0.232. The van der Waals surface area contributed by atoms with Crippen molar-refractivity contribution in [3.63, 3.8) is 0 Å². The monoisotopic (exact) mass is 318 g/mol. The Morgan fingerprint density at radius 2 is 1.55 bits per heavy atom. The van der Waals surface area contributed by atoms with E-state index in [1.165, 1.54) is 7.11 Å². The van der Waals surface area contributed by atoms with Gasteiger partial charge in [-0.1, -0.05) is 6.92 Å². The third kappa shape index (κ3) is 7.61. The third-order valence-corrected chi connectivity index (χ3v) is 9.16. The highest BCUT2D eigenvalue weighted by Crippen LogP contribution is 2.22. The molecule has 1 unspecified atom stereocenters. The van der Waals surface area contributed by atoms with Gasteiger partial charge in [-0.3, -0.25) is 0 Å². The summed E-state index contributed by atoms with van der Waals surface area (Å²) in [6, 6.07) is 0. The standard InChI is InChI=1S/C13H26O5Si2/c1-8-13(20(6,7)18-19(3,4)5)17-12(15)10-9-11(14)16-2/h9-10,13H,8H2,1-7H3/b10-9+. The van der Waals surface area contributed by atoms with Gasteiger partial charge in [-0.2, -0.15) is 0 Å². The molecule has 0 aliphatic rings. The number of esters is 2. The van der Waals surface area contributed by atoms with Crippen LogP contribution in [-0.4, -0.2) is 41.4 Å². The van der Waals surface area contributed by atoms with Gasteiger partial charge in [0.05, 0.1) is 7.11 Å². The molecular formula is C13H26O5Si2. The molecule has 116 valence electrons. The fourth-order valence-electron chi connectivity index (χ4n) is 1.96. The molecule has 0 amide bonds. The summed E-state index contributed by atoms with van der Waals surface area (Å²) in [7, 11) is -2.56. The lowest BCUT2D eigenvalue weighted by atomic mass is 10.5. The summed E-state index contributed by atoms with van der Waals surface area (Å²) in [5, 5.41) is 0. The first kappa shape index (κ1) is 19.1. The average molecular weight is 319 g/mol. The van der Waals surface area contributed by atoms with Crippen LogP contribution >= 0.6 is 0 Å². The number of methoxy groups -OCH3 is 1. The van der Waals surface area contributed by atoms with E-state index in [4.69, 9.17) is 8.85 Å². The summed E-state index contributed by atoms with van der Waals surface area (Å²) in [4.78, 5) is 22.6. The molecule has 0 spiro atoms. The van der Waals surface area contributed by atoms with Gasteiger partial charge in [-0.25, -0.2) is 9.59 Å². The highest BCUT2D eigenvalue weighted by atomic mass is 28.4. The van der Waals surface area contributed by atoms with Crippen molar-refractivity contribution in [3.05, 3.63) is 12.2 Å². The van der Waals surface area contributed by atoms with Gasteiger partial charge >= 0.3 is 11.9 Å². The molecule has 0 aliphatic carbocycles. The van der Waals surface area contributed by atoms with E-state index in [9.17, 15) is 9.59 Å². The Balaban J connectivity index is 4.73. The number of carbonyl (C=O) groups excluding carboxylic acids is 2. The first-order valence-corrected chi connectivity index (χ1v) is 13.1. The largest absolute Gasteiger partial charge is 0.466 e. The summed E-state index contributed by atoms with van der Waals surface area (Å²) in [5.74, 6) is -1.12. The molecule has 0 N–H and O–H groups in total. The van der Waals surface area contributed by atoms with Crippen LogP contribution in [0.3, 0.4) is 0 Å².